The molecule has 2 aromatic rings. The highest BCUT2D eigenvalue weighted by Crippen LogP contribution is 2.30. The quantitative estimate of drug-likeness (QED) is 0.804. The van der Waals surface area contributed by atoms with E-state index in [4.69, 9.17) is 0 Å². The fourth-order valence-corrected chi connectivity index (χ4v) is 6.20. The second-order valence-electron chi connectivity index (χ2n) is 6.61. The first-order valence-corrected chi connectivity index (χ1v) is 10.9. The topological polar surface area (TPSA) is 57.7 Å². The fourth-order valence-electron chi connectivity index (χ4n) is 3.66. The van der Waals surface area contributed by atoms with E-state index in [0.717, 1.165) is 24.1 Å². The molecule has 0 spiro atoms. The maximum absolute atomic E-state index is 13.1. The largest absolute Gasteiger partial charge is 0.337 e. The molecule has 1 amide bonds. The molecule has 8 heteroatoms. The molecule has 0 N–H and O–H groups in total. The van der Waals surface area contributed by atoms with Crippen molar-refractivity contribution >= 4 is 27.3 Å². The molecule has 1 fully saturated rings. The first kappa shape index (κ1) is 17.6. The van der Waals surface area contributed by atoms with Crippen molar-refractivity contribution in [3.8, 4) is 0 Å². The van der Waals surface area contributed by atoms with E-state index >= 15 is 0 Å². The van der Waals surface area contributed by atoms with E-state index in [9.17, 15) is 17.6 Å². The minimum absolute atomic E-state index is 0.0253. The third kappa shape index (κ3) is 3.06. The molecule has 1 atom stereocenters. The Labute approximate surface area is 156 Å². The zero-order valence-electron chi connectivity index (χ0n) is 14.1. The predicted molar refractivity (Wildman–Crippen MR) is 96.8 cm³/mol. The van der Waals surface area contributed by atoms with Crippen LogP contribution in [0, 0.1) is 5.82 Å². The number of halogens is 1. The number of fused-ring (bicyclic) bond motifs is 1. The van der Waals surface area contributed by atoms with Crippen LogP contribution >= 0.6 is 11.3 Å². The lowest BCUT2D eigenvalue weighted by molar-refractivity contribution is -0.135. The van der Waals surface area contributed by atoms with Gasteiger partial charge in [0.15, 0.2) is 0 Å². The van der Waals surface area contributed by atoms with Crippen LogP contribution in [0.4, 0.5) is 4.39 Å². The van der Waals surface area contributed by atoms with Crippen LogP contribution in [0.5, 0.6) is 0 Å². The summed E-state index contributed by atoms with van der Waals surface area (Å²) in [6.07, 6.45) is 1.98. The summed E-state index contributed by atoms with van der Waals surface area (Å²) in [6.45, 7) is 1.47. The maximum Gasteiger partial charge on any atom is 0.243 e. The molecule has 0 bridgehead atoms. The third-order valence-corrected chi connectivity index (χ3v) is 7.97. The van der Waals surface area contributed by atoms with E-state index in [0.29, 0.717) is 32.5 Å². The van der Waals surface area contributed by atoms with Crippen LogP contribution in [-0.4, -0.2) is 42.7 Å². The lowest BCUT2D eigenvalue weighted by atomic mass is 10.1. The summed E-state index contributed by atoms with van der Waals surface area (Å²) in [5.74, 6) is -0.622. The van der Waals surface area contributed by atoms with Gasteiger partial charge < -0.3 is 4.90 Å². The lowest BCUT2D eigenvalue weighted by Crippen LogP contribution is -2.48. The van der Waals surface area contributed by atoms with Crippen molar-refractivity contribution in [1.29, 1.82) is 0 Å². The summed E-state index contributed by atoms with van der Waals surface area (Å²) in [6, 6.07) is 6.11. The van der Waals surface area contributed by atoms with Gasteiger partial charge in [-0.1, -0.05) is 0 Å². The van der Waals surface area contributed by atoms with E-state index in [1.807, 2.05) is 11.4 Å². The third-order valence-electron chi connectivity index (χ3n) is 5.03. The number of rotatable bonds is 3. The number of amides is 1. The molecule has 26 heavy (non-hydrogen) atoms. The molecule has 3 heterocycles. The molecule has 5 nitrogen and oxygen atoms in total. The molecule has 1 aromatic heterocycles. The lowest BCUT2D eigenvalue weighted by Gasteiger charge is -2.32. The molecule has 138 valence electrons. The normalized spacial score (nSPS) is 21.0. The van der Waals surface area contributed by atoms with E-state index in [1.54, 1.807) is 16.2 Å². The van der Waals surface area contributed by atoms with Gasteiger partial charge in [0.05, 0.1) is 4.90 Å². The molecule has 0 aliphatic carbocycles. The molecule has 2 aliphatic heterocycles. The van der Waals surface area contributed by atoms with Gasteiger partial charge in [-0.25, -0.2) is 12.8 Å². The Hall–Kier alpha value is -1.77. The van der Waals surface area contributed by atoms with Crippen molar-refractivity contribution in [1.82, 2.24) is 9.21 Å². The van der Waals surface area contributed by atoms with Gasteiger partial charge in [-0.2, -0.15) is 4.31 Å². The van der Waals surface area contributed by atoms with E-state index < -0.39 is 21.9 Å². The second-order valence-corrected chi connectivity index (χ2v) is 9.50. The molecule has 4 rings (SSSR count). The average molecular weight is 394 g/mol. The molecule has 0 radical (unpaired) electrons. The zero-order valence-corrected chi connectivity index (χ0v) is 15.7. The molecule has 2 aliphatic rings. The van der Waals surface area contributed by atoms with Crippen molar-refractivity contribution in [3.05, 3.63) is 52.0 Å². The molecule has 1 unspecified atom stereocenters. The summed E-state index contributed by atoms with van der Waals surface area (Å²) in [4.78, 5) is 16.1. The summed E-state index contributed by atoms with van der Waals surface area (Å²) in [5.41, 5.74) is 1.15. The average Bonchev–Trinajstić information content (AvgIpc) is 3.30. The van der Waals surface area contributed by atoms with Gasteiger partial charge >= 0.3 is 0 Å². The standard InChI is InChI=1S/C18H19FN2O3S2/c19-14-3-5-15(6-4-14)26(23,24)21-9-1-2-16(21)18(22)20-10-7-17-13(12-20)8-11-25-17/h3-6,8,11,16H,1-2,7,9-10,12H2. The van der Waals surface area contributed by atoms with Gasteiger partial charge in [0.2, 0.25) is 15.9 Å². The molecule has 0 saturated carbocycles. The number of sulfonamides is 1. The summed E-state index contributed by atoms with van der Waals surface area (Å²) >= 11 is 1.70. The smallest absolute Gasteiger partial charge is 0.243 e. The molecule has 1 aromatic carbocycles. The second kappa shape index (κ2) is 6.75. The van der Waals surface area contributed by atoms with Gasteiger partial charge in [0.25, 0.3) is 0 Å². The number of carbonyl (C=O) groups is 1. The number of hydrogen-bond acceptors (Lipinski definition) is 4. The Morgan fingerprint density at radius 2 is 1.92 bits per heavy atom. The van der Waals surface area contributed by atoms with Crippen LogP contribution in [0.3, 0.4) is 0 Å². The van der Waals surface area contributed by atoms with Crippen LogP contribution in [0.1, 0.15) is 23.3 Å². The Balaban J connectivity index is 1.56. The van der Waals surface area contributed by atoms with E-state index in [-0.39, 0.29) is 10.8 Å². The molecular weight excluding hydrogens is 375 g/mol. The number of nitrogens with zero attached hydrogens (tertiary/aromatic N) is 2. The Morgan fingerprint density at radius 3 is 2.69 bits per heavy atom. The van der Waals surface area contributed by atoms with Crippen LogP contribution < -0.4 is 0 Å². The highest BCUT2D eigenvalue weighted by atomic mass is 32.2. The van der Waals surface area contributed by atoms with Gasteiger partial charge in [-0.15, -0.1) is 11.3 Å². The van der Waals surface area contributed by atoms with Gasteiger partial charge in [0, 0.05) is 24.5 Å². The number of carbonyl (C=O) groups excluding carboxylic acids is 1. The van der Waals surface area contributed by atoms with Crippen molar-refractivity contribution in [3.63, 3.8) is 0 Å². The molecular formula is C18H19FN2O3S2. The van der Waals surface area contributed by atoms with E-state index in [1.165, 1.54) is 21.3 Å². The van der Waals surface area contributed by atoms with Crippen LogP contribution in [-0.2, 0) is 27.8 Å². The van der Waals surface area contributed by atoms with Crippen molar-refractivity contribution in [2.45, 2.75) is 36.7 Å². The van der Waals surface area contributed by atoms with Gasteiger partial charge in [0.1, 0.15) is 11.9 Å². The maximum atomic E-state index is 13.1. The van der Waals surface area contributed by atoms with Crippen molar-refractivity contribution in [2.75, 3.05) is 13.1 Å². The number of thiophene rings is 1. The predicted octanol–water partition coefficient (Wildman–Crippen LogP) is 2.63. The summed E-state index contributed by atoms with van der Waals surface area (Å²) in [5, 5.41) is 2.03. The number of benzene rings is 1. The minimum atomic E-state index is -3.82. The SMILES string of the molecule is O=C(C1CCCN1S(=O)(=O)c1ccc(F)cc1)N1CCc2sccc2C1. The highest BCUT2D eigenvalue weighted by Gasteiger charge is 2.41. The minimum Gasteiger partial charge on any atom is -0.337 e. The Bertz CT molecular complexity index is 924. The highest BCUT2D eigenvalue weighted by molar-refractivity contribution is 7.89. The van der Waals surface area contributed by atoms with Gasteiger partial charge in [-0.05, 0) is 60.5 Å². The molecule has 1 saturated heterocycles. The van der Waals surface area contributed by atoms with Crippen LogP contribution in [0.25, 0.3) is 0 Å². The van der Waals surface area contributed by atoms with Crippen molar-refractivity contribution < 1.29 is 17.6 Å². The Morgan fingerprint density at radius 1 is 1.15 bits per heavy atom. The summed E-state index contributed by atoms with van der Waals surface area (Å²) in [7, 11) is -3.82. The first-order chi connectivity index (χ1) is 12.5. The number of hydrogen-bond donors (Lipinski definition) is 0. The van der Waals surface area contributed by atoms with Crippen LogP contribution in [0.15, 0.2) is 40.6 Å². The first-order valence-electron chi connectivity index (χ1n) is 8.58. The van der Waals surface area contributed by atoms with Crippen LogP contribution in [0.2, 0.25) is 0 Å². The monoisotopic (exact) mass is 394 g/mol. The van der Waals surface area contributed by atoms with Crippen molar-refractivity contribution in [2.24, 2.45) is 0 Å². The Kier molecular flexibility index (Phi) is 4.58. The fraction of sp³-hybridized carbons (Fsp3) is 0.389. The van der Waals surface area contributed by atoms with E-state index in [2.05, 4.69) is 0 Å². The van der Waals surface area contributed by atoms with Gasteiger partial charge in [-0.3, -0.25) is 4.79 Å². The zero-order chi connectivity index (χ0) is 18.3. The summed E-state index contributed by atoms with van der Waals surface area (Å²) < 4.78 is 40.3.